The molecule has 0 aliphatic heterocycles. The van der Waals surface area contributed by atoms with Gasteiger partial charge >= 0.3 is 0 Å². The van der Waals surface area contributed by atoms with Gasteiger partial charge in [0, 0.05) is 21.9 Å². The predicted molar refractivity (Wildman–Crippen MR) is 69.6 cm³/mol. The van der Waals surface area contributed by atoms with Crippen molar-refractivity contribution in [2.24, 2.45) is 0 Å². The largest absolute Gasteiger partial charge is 0.392 e. The number of non-ortho nitro benzene ring substituents is 1. The van der Waals surface area contributed by atoms with E-state index in [1.807, 2.05) is 24.3 Å². The average molecular weight is 261 g/mol. The number of aliphatic hydroxyl groups is 1. The smallest absolute Gasteiger partial charge is 0.269 e. The number of nitro benzene ring substituents is 1. The summed E-state index contributed by atoms with van der Waals surface area (Å²) in [4.78, 5) is 12.1. The van der Waals surface area contributed by atoms with Crippen LogP contribution in [0, 0.1) is 10.1 Å². The number of aliphatic hydroxyl groups excluding tert-OH is 1. The summed E-state index contributed by atoms with van der Waals surface area (Å²) in [6.07, 6.45) is 0. The van der Waals surface area contributed by atoms with E-state index in [9.17, 15) is 10.1 Å². The van der Waals surface area contributed by atoms with Gasteiger partial charge in [0.25, 0.3) is 5.69 Å². The van der Waals surface area contributed by atoms with Gasteiger partial charge in [-0.25, -0.2) is 0 Å². The van der Waals surface area contributed by atoms with Crippen molar-refractivity contribution < 1.29 is 10.0 Å². The third-order valence-electron chi connectivity index (χ3n) is 2.39. The molecule has 0 saturated carbocycles. The average Bonchev–Trinajstić information content (AvgIpc) is 2.40. The molecule has 18 heavy (non-hydrogen) atoms. The number of nitrogens with zero attached hydrogens (tertiary/aromatic N) is 1. The summed E-state index contributed by atoms with van der Waals surface area (Å²) >= 11 is 1.52. The van der Waals surface area contributed by atoms with Gasteiger partial charge in [0.05, 0.1) is 11.5 Å². The summed E-state index contributed by atoms with van der Waals surface area (Å²) in [5.41, 5.74) is 0.957. The van der Waals surface area contributed by atoms with Crippen LogP contribution in [0.25, 0.3) is 0 Å². The quantitative estimate of drug-likeness (QED) is 0.678. The van der Waals surface area contributed by atoms with E-state index in [-0.39, 0.29) is 12.3 Å². The van der Waals surface area contributed by atoms with E-state index < -0.39 is 4.92 Å². The molecule has 0 spiro atoms. The van der Waals surface area contributed by atoms with E-state index in [1.165, 1.54) is 23.9 Å². The zero-order valence-electron chi connectivity index (χ0n) is 9.45. The predicted octanol–water partition coefficient (Wildman–Crippen LogP) is 3.24. The summed E-state index contributed by atoms with van der Waals surface area (Å²) in [5.74, 6) is 0. The zero-order valence-corrected chi connectivity index (χ0v) is 10.3. The van der Waals surface area contributed by atoms with Crippen molar-refractivity contribution in [3.8, 4) is 0 Å². The van der Waals surface area contributed by atoms with E-state index in [1.54, 1.807) is 12.1 Å². The maximum atomic E-state index is 10.5. The van der Waals surface area contributed by atoms with Crippen molar-refractivity contribution in [2.45, 2.75) is 16.4 Å². The number of benzene rings is 2. The first-order valence-corrected chi connectivity index (χ1v) is 6.13. The Hall–Kier alpha value is -1.85. The molecular weight excluding hydrogens is 250 g/mol. The Morgan fingerprint density at radius 1 is 1.00 bits per heavy atom. The van der Waals surface area contributed by atoms with Crippen LogP contribution in [0.15, 0.2) is 58.3 Å². The highest BCUT2D eigenvalue weighted by molar-refractivity contribution is 7.99. The Labute approximate surface area is 108 Å². The van der Waals surface area contributed by atoms with Crippen LogP contribution in [-0.4, -0.2) is 10.0 Å². The number of hydrogen-bond acceptors (Lipinski definition) is 4. The lowest BCUT2D eigenvalue weighted by molar-refractivity contribution is -0.384. The minimum atomic E-state index is -0.412. The zero-order chi connectivity index (χ0) is 13.0. The van der Waals surface area contributed by atoms with Crippen molar-refractivity contribution in [2.75, 3.05) is 0 Å². The molecule has 0 aliphatic rings. The van der Waals surface area contributed by atoms with Crippen molar-refractivity contribution in [1.29, 1.82) is 0 Å². The van der Waals surface area contributed by atoms with Crippen LogP contribution >= 0.6 is 11.8 Å². The topological polar surface area (TPSA) is 63.4 Å². The van der Waals surface area contributed by atoms with Crippen molar-refractivity contribution in [3.05, 3.63) is 64.2 Å². The second kappa shape index (κ2) is 5.66. The Morgan fingerprint density at radius 2 is 1.50 bits per heavy atom. The third kappa shape index (κ3) is 3.09. The third-order valence-corrected chi connectivity index (χ3v) is 3.40. The van der Waals surface area contributed by atoms with Crippen LogP contribution in [0.2, 0.25) is 0 Å². The molecule has 0 amide bonds. The lowest BCUT2D eigenvalue weighted by atomic mass is 10.2. The molecule has 0 aliphatic carbocycles. The van der Waals surface area contributed by atoms with Crippen LogP contribution in [0.4, 0.5) is 5.69 Å². The number of hydrogen-bond donors (Lipinski definition) is 1. The molecule has 0 saturated heterocycles. The summed E-state index contributed by atoms with van der Waals surface area (Å²) in [6.45, 7) is 0.0302. The van der Waals surface area contributed by atoms with E-state index in [2.05, 4.69) is 0 Å². The molecule has 5 heteroatoms. The Balaban J connectivity index is 2.10. The number of nitro groups is 1. The fourth-order valence-electron chi connectivity index (χ4n) is 1.43. The molecule has 92 valence electrons. The van der Waals surface area contributed by atoms with Crippen LogP contribution < -0.4 is 0 Å². The Morgan fingerprint density at radius 3 is 1.94 bits per heavy atom. The first-order chi connectivity index (χ1) is 8.69. The summed E-state index contributed by atoms with van der Waals surface area (Å²) in [6, 6.07) is 14.0. The first kappa shape index (κ1) is 12.6. The maximum absolute atomic E-state index is 10.5. The van der Waals surface area contributed by atoms with Gasteiger partial charge in [0.2, 0.25) is 0 Å². The lowest BCUT2D eigenvalue weighted by Gasteiger charge is -2.02. The van der Waals surface area contributed by atoms with Crippen LogP contribution in [0.3, 0.4) is 0 Å². The second-order valence-corrected chi connectivity index (χ2v) is 4.80. The highest BCUT2D eigenvalue weighted by atomic mass is 32.2. The Kier molecular flexibility index (Phi) is 3.96. The van der Waals surface area contributed by atoms with Gasteiger partial charge in [0.1, 0.15) is 0 Å². The molecule has 0 aromatic heterocycles. The lowest BCUT2D eigenvalue weighted by Crippen LogP contribution is -1.86. The molecule has 0 atom stereocenters. The fourth-order valence-corrected chi connectivity index (χ4v) is 2.25. The normalized spacial score (nSPS) is 10.3. The molecule has 0 unspecified atom stereocenters. The molecule has 0 bridgehead atoms. The molecule has 1 N–H and O–H groups in total. The highest BCUT2D eigenvalue weighted by Crippen LogP contribution is 2.29. The summed E-state index contributed by atoms with van der Waals surface area (Å²) < 4.78 is 0. The van der Waals surface area contributed by atoms with Gasteiger partial charge in [-0.15, -0.1) is 0 Å². The number of rotatable bonds is 4. The van der Waals surface area contributed by atoms with Gasteiger partial charge < -0.3 is 5.11 Å². The second-order valence-electron chi connectivity index (χ2n) is 3.66. The van der Waals surface area contributed by atoms with Crippen molar-refractivity contribution in [3.63, 3.8) is 0 Å². The molecule has 0 heterocycles. The van der Waals surface area contributed by atoms with Gasteiger partial charge in [0.15, 0.2) is 0 Å². The van der Waals surface area contributed by atoms with Gasteiger partial charge in [-0.2, -0.15) is 0 Å². The monoisotopic (exact) mass is 261 g/mol. The molecular formula is C13H11NO3S. The fraction of sp³-hybridized carbons (Fsp3) is 0.0769. The van der Waals surface area contributed by atoms with Crippen LogP contribution in [-0.2, 0) is 6.61 Å². The van der Waals surface area contributed by atoms with Crippen LogP contribution in [0.1, 0.15) is 5.56 Å². The van der Waals surface area contributed by atoms with Gasteiger partial charge in [-0.1, -0.05) is 23.9 Å². The minimum absolute atomic E-state index is 0.0302. The van der Waals surface area contributed by atoms with E-state index in [0.717, 1.165) is 15.4 Å². The highest BCUT2D eigenvalue weighted by Gasteiger charge is 2.04. The molecule has 0 radical (unpaired) electrons. The summed E-state index contributed by atoms with van der Waals surface area (Å²) in [7, 11) is 0. The van der Waals surface area contributed by atoms with Crippen LogP contribution in [0.5, 0.6) is 0 Å². The van der Waals surface area contributed by atoms with Crippen molar-refractivity contribution in [1.82, 2.24) is 0 Å². The molecule has 4 nitrogen and oxygen atoms in total. The SMILES string of the molecule is O=[N+]([O-])c1ccc(Sc2ccc(CO)cc2)cc1. The van der Waals surface area contributed by atoms with Gasteiger partial charge in [-0.3, -0.25) is 10.1 Å². The maximum Gasteiger partial charge on any atom is 0.269 e. The Bertz CT molecular complexity index is 537. The summed E-state index contributed by atoms with van der Waals surface area (Å²) in [5, 5.41) is 19.4. The van der Waals surface area contributed by atoms with E-state index in [4.69, 9.17) is 5.11 Å². The van der Waals surface area contributed by atoms with Crippen molar-refractivity contribution >= 4 is 17.4 Å². The van der Waals surface area contributed by atoms with E-state index >= 15 is 0 Å². The van der Waals surface area contributed by atoms with E-state index in [0.29, 0.717) is 0 Å². The standard InChI is InChI=1S/C13H11NO3S/c15-9-10-1-5-12(6-2-10)18-13-7-3-11(4-8-13)14(16)17/h1-8,15H,9H2. The molecule has 2 rings (SSSR count). The molecule has 2 aromatic rings. The van der Waals surface area contributed by atoms with Gasteiger partial charge in [-0.05, 0) is 29.8 Å². The molecule has 0 fully saturated rings. The molecule has 2 aromatic carbocycles. The first-order valence-electron chi connectivity index (χ1n) is 5.31. The minimum Gasteiger partial charge on any atom is -0.392 e.